The minimum absolute atomic E-state index is 0.0964. The van der Waals surface area contributed by atoms with Crippen molar-refractivity contribution in [3.8, 4) is 17.3 Å². The summed E-state index contributed by atoms with van der Waals surface area (Å²) in [5.41, 5.74) is 9.77. The molecule has 4 atom stereocenters. The van der Waals surface area contributed by atoms with E-state index in [2.05, 4.69) is 33.4 Å². The summed E-state index contributed by atoms with van der Waals surface area (Å²) in [5.74, 6) is -0.205. The Bertz CT molecular complexity index is 1540. The first-order valence-corrected chi connectivity index (χ1v) is 13.7. The molecule has 0 bridgehead atoms. The smallest absolute Gasteiger partial charge is 0.229 e. The fraction of sp³-hybridized carbons (Fsp3) is 0.400. The summed E-state index contributed by atoms with van der Waals surface area (Å²) in [6.07, 6.45) is 8.91. The van der Waals surface area contributed by atoms with Crippen molar-refractivity contribution in [3.63, 3.8) is 0 Å². The largest absolute Gasteiger partial charge is 0.375 e. The molecule has 3 heterocycles. The van der Waals surface area contributed by atoms with Crippen molar-refractivity contribution >= 4 is 17.2 Å². The SMILES string of the molecule is C[C@H]1C[C@@H](c2ccncc2Nc2ncc3ccc(-c4c(F)cc(C5CC5)cc4F)nn23)C[C@@H](N)[C@H]1OCCC#N. The summed E-state index contributed by atoms with van der Waals surface area (Å²) in [6, 6.07) is 10.1. The van der Waals surface area contributed by atoms with Crippen LogP contribution in [-0.2, 0) is 4.74 Å². The first kappa shape index (κ1) is 26.3. The van der Waals surface area contributed by atoms with E-state index in [9.17, 15) is 0 Å². The Hall–Kier alpha value is -3.94. The molecule has 40 heavy (non-hydrogen) atoms. The fourth-order valence-corrected chi connectivity index (χ4v) is 5.92. The number of fused-ring (bicyclic) bond motifs is 1. The summed E-state index contributed by atoms with van der Waals surface area (Å²) >= 11 is 0. The van der Waals surface area contributed by atoms with Crippen LogP contribution >= 0.6 is 0 Å². The molecule has 2 fully saturated rings. The zero-order valence-corrected chi connectivity index (χ0v) is 22.2. The van der Waals surface area contributed by atoms with Crippen molar-refractivity contribution in [1.29, 1.82) is 5.26 Å². The number of nitrogens with two attached hydrogens (primary N) is 1. The number of aromatic nitrogens is 4. The first-order chi connectivity index (χ1) is 19.4. The van der Waals surface area contributed by atoms with Gasteiger partial charge in [-0.2, -0.15) is 14.9 Å². The number of ether oxygens (including phenoxy) is 1. The minimum Gasteiger partial charge on any atom is -0.375 e. The highest BCUT2D eigenvalue weighted by molar-refractivity contribution is 5.66. The third-order valence-electron chi connectivity index (χ3n) is 8.01. The molecule has 6 rings (SSSR count). The van der Waals surface area contributed by atoms with Gasteiger partial charge in [0, 0.05) is 12.2 Å². The standard InChI is InChI=1S/C30H31F2N7O/c1-17-11-20(14-25(34)29(17)40-10-2-8-33)22-7-9-35-16-27(22)37-30-36-15-21-5-6-26(38-39(21)30)28-23(31)12-19(13-24(28)32)18-3-4-18/h5-7,9,12-13,15-18,20,25,29H,2-4,10-11,14,34H2,1H3,(H,36,37)/t17-,20+,25+,29-/m0/s1. The number of pyridine rings is 1. The zero-order valence-electron chi connectivity index (χ0n) is 22.2. The minimum atomic E-state index is -0.615. The third kappa shape index (κ3) is 5.15. The molecule has 10 heteroatoms. The molecule has 1 aromatic carbocycles. The number of halogens is 2. The molecule has 0 unspecified atom stereocenters. The number of nitrogens with zero attached hydrogens (tertiary/aromatic N) is 5. The van der Waals surface area contributed by atoms with E-state index < -0.39 is 11.6 Å². The van der Waals surface area contributed by atoms with Gasteiger partial charge < -0.3 is 15.8 Å². The van der Waals surface area contributed by atoms with Crippen LogP contribution in [-0.4, -0.2) is 38.3 Å². The average molecular weight is 544 g/mol. The Kier molecular flexibility index (Phi) is 7.17. The summed E-state index contributed by atoms with van der Waals surface area (Å²) in [5, 5.41) is 16.7. The van der Waals surface area contributed by atoms with E-state index in [-0.39, 0.29) is 41.2 Å². The van der Waals surface area contributed by atoms with Gasteiger partial charge >= 0.3 is 0 Å². The number of nitrogens with one attached hydrogen (secondary N) is 1. The number of hydrogen-bond acceptors (Lipinski definition) is 7. The lowest BCUT2D eigenvalue weighted by molar-refractivity contribution is -0.0198. The van der Waals surface area contributed by atoms with E-state index in [1.165, 1.54) is 12.1 Å². The molecule has 0 spiro atoms. The molecule has 0 amide bonds. The van der Waals surface area contributed by atoms with Crippen molar-refractivity contribution < 1.29 is 13.5 Å². The number of rotatable bonds is 8. The molecular formula is C30H31F2N7O. The molecule has 4 aromatic rings. The number of imidazole rings is 1. The summed E-state index contributed by atoms with van der Waals surface area (Å²) in [7, 11) is 0. The van der Waals surface area contributed by atoms with Crippen molar-refractivity contribution in [3.05, 3.63) is 71.7 Å². The topological polar surface area (TPSA) is 114 Å². The van der Waals surface area contributed by atoms with Gasteiger partial charge in [0.15, 0.2) is 0 Å². The average Bonchev–Trinajstić information content (AvgIpc) is 3.72. The van der Waals surface area contributed by atoms with E-state index in [0.29, 0.717) is 30.1 Å². The number of benzene rings is 1. The second-order valence-corrected chi connectivity index (χ2v) is 10.9. The van der Waals surface area contributed by atoms with Gasteiger partial charge in [-0.05, 0) is 84.9 Å². The maximum absolute atomic E-state index is 15.0. The van der Waals surface area contributed by atoms with E-state index in [1.807, 2.05) is 6.07 Å². The normalized spacial score (nSPS) is 22.8. The van der Waals surface area contributed by atoms with Gasteiger partial charge in [0.05, 0.1) is 60.1 Å². The molecule has 0 aliphatic heterocycles. The van der Waals surface area contributed by atoms with Gasteiger partial charge in [0.2, 0.25) is 5.95 Å². The van der Waals surface area contributed by atoms with Gasteiger partial charge in [-0.25, -0.2) is 13.8 Å². The maximum atomic E-state index is 15.0. The Morgan fingerprint density at radius 1 is 1.12 bits per heavy atom. The molecule has 0 saturated heterocycles. The van der Waals surface area contributed by atoms with Crippen LogP contribution in [0, 0.1) is 28.9 Å². The Morgan fingerprint density at radius 2 is 1.93 bits per heavy atom. The van der Waals surface area contributed by atoms with Crippen LogP contribution < -0.4 is 11.1 Å². The van der Waals surface area contributed by atoms with Crippen LogP contribution in [0.25, 0.3) is 16.8 Å². The molecule has 2 aliphatic carbocycles. The van der Waals surface area contributed by atoms with Crippen LogP contribution in [0.2, 0.25) is 0 Å². The van der Waals surface area contributed by atoms with Gasteiger partial charge in [-0.3, -0.25) is 4.98 Å². The number of nitriles is 1. The van der Waals surface area contributed by atoms with E-state index in [4.69, 9.17) is 15.7 Å². The third-order valence-corrected chi connectivity index (χ3v) is 8.01. The fourth-order valence-electron chi connectivity index (χ4n) is 5.92. The molecule has 206 valence electrons. The Morgan fingerprint density at radius 3 is 2.65 bits per heavy atom. The lowest BCUT2D eigenvalue weighted by Crippen LogP contribution is -2.46. The second-order valence-electron chi connectivity index (χ2n) is 10.9. The predicted molar refractivity (Wildman–Crippen MR) is 147 cm³/mol. The summed E-state index contributed by atoms with van der Waals surface area (Å²) in [6.45, 7) is 2.51. The molecule has 2 saturated carbocycles. The van der Waals surface area contributed by atoms with Gasteiger partial charge in [-0.1, -0.05) is 6.92 Å². The summed E-state index contributed by atoms with van der Waals surface area (Å²) in [4.78, 5) is 8.80. The van der Waals surface area contributed by atoms with Crippen molar-refractivity contribution in [2.24, 2.45) is 11.7 Å². The second kappa shape index (κ2) is 10.9. The van der Waals surface area contributed by atoms with E-state index in [0.717, 1.165) is 36.9 Å². The highest BCUT2D eigenvalue weighted by Gasteiger charge is 2.36. The van der Waals surface area contributed by atoms with Gasteiger partial charge in [-0.15, -0.1) is 0 Å². The van der Waals surface area contributed by atoms with Crippen LogP contribution in [0.1, 0.15) is 62.0 Å². The molecule has 2 aliphatic rings. The summed E-state index contributed by atoms with van der Waals surface area (Å²) < 4.78 is 37.5. The monoisotopic (exact) mass is 543 g/mol. The first-order valence-electron chi connectivity index (χ1n) is 13.7. The zero-order chi connectivity index (χ0) is 27.8. The lowest BCUT2D eigenvalue weighted by Gasteiger charge is -2.39. The van der Waals surface area contributed by atoms with Crippen molar-refractivity contribution in [2.45, 2.75) is 63.0 Å². The van der Waals surface area contributed by atoms with E-state index in [1.54, 1.807) is 35.2 Å². The predicted octanol–water partition coefficient (Wildman–Crippen LogP) is 5.83. The number of hydrogen-bond donors (Lipinski definition) is 2. The van der Waals surface area contributed by atoms with Gasteiger partial charge in [0.1, 0.15) is 11.6 Å². The van der Waals surface area contributed by atoms with Crippen molar-refractivity contribution in [2.75, 3.05) is 11.9 Å². The molecule has 3 N–H and O–H groups in total. The van der Waals surface area contributed by atoms with Crippen LogP contribution in [0.3, 0.4) is 0 Å². The van der Waals surface area contributed by atoms with E-state index >= 15 is 8.78 Å². The lowest BCUT2D eigenvalue weighted by atomic mass is 9.74. The molecular weight excluding hydrogens is 512 g/mol. The van der Waals surface area contributed by atoms with Gasteiger partial charge in [0.25, 0.3) is 0 Å². The number of anilines is 2. The van der Waals surface area contributed by atoms with Crippen LogP contribution in [0.5, 0.6) is 0 Å². The van der Waals surface area contributed by atoms with Crippen molar-refractivity contribution in [1.82, 2.24) is 19.6 Å². The quantitative estimate of drug-likeness (QED) is 0.269. The highest BCUT2D eigenvalue weighted by Crippen LogP contribution is 2.42. The van der Waals surface area contributed by atoms with Crippen LogP contribution in [0.15, 0.2) is 48.9 Å². The molecule has 0 radical (unpaired) electrons. The Balaban J connectivity index is 1.27. The van der Waals surface area contributed by atoms with Crippen LogP contribution in [0.4, 0.5) is 20.4 Å². The maximum Gasteiger partial charge on any atom is 0.229 e. The Labute approximate surface area is 231 Å². The molecule has 3 aromatic heterocycles. The highest BCUT2D eigenvalue weighted by atomic mass is 19.1. The molecule has 8 nitrogen and oxygen atoms in total.